The molecule has 2 heterocycles. The minimum Gasteiger partial charge on any atom is -0.466 e. The van der Waals surface area contributed by atoms with Crippen molar-refractivity contribution in [2.24, 2.45) is 0 Å². The van der Waals surface area contributed by atoms with E-state index >= 15 is 0 Å². The van der Waals surface area contributed by atoms with E-state index < -0.39 is 11.5 Å². The first-order valence-corrected chi connectivity index (χ1v) is 6.49. The van der Waals surface area contributed by atoms with Crippen LogP contribution in [0.2, 0.25) is 0 Å². The van der Waals surface area contributed by atoms with Crippen molar-refractivity contribution in [3.8, 4) is 11.5 Å². The zero-order chi connectivity index (χ0) is 15.4. The van der Waals surface area contributed by atoms with E-state index in [1.165, 1.54) is 0 Å². The van der Waals surface area contributed by atoms with Crippen molar-refractivity contribution in [2.75, 3.05) is 12.3 Å². The first-order chi connectivity index (χ1) is 10.0. The number of carbonyl (C=O) groups excluding carboxylic acids is 1. The molecule has 0 spiro atoms. The summed E-state index contributed by atoms with van der Waals surface area (Å²) >= 11 is 0. The van der Waals surface area contributed by atoms with Gasteiger partial charge in [0.1, 0.15) is 11.5 Å². The standard InChI is InChI=1S/C14H16N4O3/c1-3-21-10(19)7-9-12(15)17-13(18-14(9)20)11-8(2)5-4-6-16-11/h4-6H,3,7H2,1-2H3,(H3,15,17,18,20). The minimum absolute atomic E-state index is 0.00635. The molecule has 3 N–H and O–H groups in total. The van der Waals surface area contributed by atoms with Gasteiger partial charge in [-0.1, -0.05) is 6.07 Å². The maximum atomic E-state index is 12.1. The molecular formula is C14H16N4O3. The number of H-pyrrole nitrogens is 1. The van der Waals surface area contributed by atoms with Gasteiger partial charge >= 0.3 is 5.97 Å². The lowest BCUT2D eigenvalue weighted by Gasteiger charge is -2.08. The number of anilines is 1. The molecule has 0 atom stereocenters. The number of nitrogen functional groups attached to an aromatic ring is 1. The molecule has 0 radical (unpaired) electrons. The number of nitrogens with zero attached hydrogens (tertiary/aromatic N) is 2. The van der Waals surface area contributed by atoms with Gasteiger partial charge in [0.25, 0.3) is 5.56 Å². The molecule has 110 valence electrons. The van der Waals surface area contributed by atoms with Crippen LogP contribution in [0.1, 0.15) is 18.1 Å². The van der Waals surface area contributed by atoms with E-state index in [1.54, 1.807) is 19.2 Å². The first kappa shape index (κ1) is 14.7. The molecule has 0 fully saturated rings. The van der Waals surface area contributed by atoms with Gasteiger partial charge in [0.05, 0.1) is 18.6 Å². The second-order valence-corrected chi connectivity index (χ2v) is 4.43. The second-order valence-electron chi connectivity index (χ2n) is 4.43. The Morgan fingerprint density at radius 1 is 1.48 bits per heavy atom. The van der Waals surface area contributed by atoms with E-state index in [9.17, 15) is 9.59 Å². The van der Waals surface area contributed by atoms with Gasteiger partial charge in [-0.3, -0.25) is 14.6 Å². The fraction of sp³-hybridized carbons (Fsp3) is 0.286. The summed E-state index contributed by atoms with van der Waals surface area (Å²) in [6, 6.07) is 3.64. The molecular weight excluding hydrogens is 272 g/mol. The summed E-state index contributed by atoms with van der Waals surface area (Å²) < 4.78 is 4.80. The van der Waals surface area contributed by atoms with Crippen LogP contribution in [-0.2, 0) is 16.0 Å². The van der Waals surface area contributed by atoms with Crippen molar-refractivity contribution in [2.45, 2.75) is 20.3 Å². The van der Waals surface area contributed by atoms with E-state index in [0.717, 1.165) is 5.56 Å². The Hall–Kier alpha value is -2.70. The normalized spacial score (nSPS) is 10.4. The lowest BCUT2D eigenvalue weighted by molar-refractivity contribution is -0.142. The number of ether oxygens (including phenoxy) is 1. The summed E-state index contributed by atoms with van der Waals surface area (Å²) in [6.07, 6.45) is 1.40. The topological polar surface area (TPSA) is 111 Å². The zero-order valence-corrected chi connectivity index (χ0v) is 11.8. The summed E-state index contributed by atoms with van der Waals surface area (Å²) in [5.74, 6) is -0.228. The molecule has 21 heavy (non-hydrogen) atoms. The number of aromatic amines is 1. The Labute approximate surface area is 121 Å². The summed E-state index contributed by atoms with van der Waals surface area (Å²) in [4.78, 5) is 34.4. The highest BCUT2D eigenvalue weighted by molar-refractivity contribution is 5.74. The molecule has 0 unspecified atom stereocenters. The van der Waals surface area contributed by atoms with Crippen molar-refractivity contribution < 1.29 is 9.53 Å². The maximum Gasteiger partial charge on any atom is 0.310 e. The lowest BCUT2D eigenvalue weighted by atomic mass is 10.2. The Kier molecular flexibility index (Phi) is 4.32. The fourth-order valence-corrected chi connectivity index (χ4v) is 1.89. The van der Waals surface area contributed by atoms with E-state index in [-0.39, 0.29) is 30.2 Å². The van der Waals surface area contributed by atoms with Gasteiger partial charge in [0.2, 0.25) is 0 Å². The van der Waals surface area contributed by atoms with E-state index in [1.807, 2.05) is 13.0 Å². The Morgan fingerprint density at radius 3 is 2.86 bits per heavy atom. The number of aromatic nitrogens is 3. The third kappa shape index (κ3) is 3.25. The van der Waals surface area contributed by atoms with Crippen LogP contribution in [0.5, 0.6) is 0 Å². The summed E-state index contributed by atoms with van der Waals surface area (Å²) in [7, 11) is 0. The van der Waals surface area contributed by atoms with Crippen molar-refractivity contribution in [1.82, 2.24) is 15.0 Å². The molecule has 2 rings (SSSR count). The average Bonchev–Trinajstić information content (AvgIpc) is 2.43. The Morgan fingerprint density at radius 2 is 2.24 bits per heavy atom. The first-order valence-electron chi connectivity index (χ1n) is 6.49. The number of pyridine rings is 1. The molecule has 7 heteroatoms. The Bertz CT molecular complexity index is 724. The van der Waals surface area contributed by atoms with Gasteiger partial charge in [-0.05, 0) is 25.5 Å². The molecule has 0 aliphatic carbocycles. The van der Waals surface area contributed by atoms with Crippen LogP contribution in [-0.4, -0.2) is 27.5 Å². The Balaban J connectivity index is 2.40. The molecule has 0 aliphatic heterocycles. The van der Waals surface area contributed by atoms with Crippen molar-refractivity contribution >= 4 is 11.8 Å². The number of esters is 1. The maximum absolute atomic E-state index is 12.1. The van der Waals surface area contributed by atoms with E-state index in [2.05, 4.69) is 15.0 Å². The molecule has 2 aromatic rings. The van der Waals surface area contributed by atoms with Gasteiger partial charge in [0, 0.05) is 6.20 Å². The number of nitrogens with two attached hydrogens (primary N) is 1. The minimum atomic E-state index is -0.515. The van der Waals surface area contributed by atoms with E-state index in [0.29, 0.717) is 5.69 Å². The van der Waals surface area contributed by atoms with Crippen molar-refractivity contribution in [3.05, 3.63) is 39.8 Å². The lowest BCUT2D eigenvalue weighted by Crippen LogP contribution is -2.22. The number of rotatable bonds is 4. The van der Waals surface area contributed by atoms with Crippen LogP contribution < -0.4 is 11.3 Å². The second kappa shape index (κ2) is 6.17. The van der Waals surface area contributed by atoms with Crippen LogP contribution in [0.4, 0.5) is 5.82 Å². The highest BCUT2D eigenvalue weighted by Gasteiger charge is 2.15. The number of carbonyl (C=O) groups is 1. The van der Waals surface area contributed by atoms with Crippen molar-refractivity contribution in [3.63, 3.8) is 0 Å². The summed E-state index contributed by atoms with van der Waals surface area (Å²) in [6.45, 7) is 3.79. The molecule has 2 aromatic heterocycles. The molecule has 0 aliphatic rings. The molecule has 0 amide bonds. The molecule has 0 aromatic carbocycles. The largest absolute Gasteiger partial charge is 0.466 e. The van der Waals surface area contributed by atoms with Gasteiger partial charge < -0.3 is 15.5 Å². The zero-order valence-electron chi connectivity index (χ0n) is 11.8. The predicted octanol–water partition coefficient (Wildman–Crippen LogP) is 0.828. The monoisotopic (exact) mass is 288 g/mol. The quantitative estimate of drug-likeness (QED) is 0.806. The van der Waals surface area contributed by atoms with Gasteiger partial charge in [-0.15, -0.1) is 0 Å². The van der Waals surface area contributed by atoms with Crippen LogP contribution in [0, 0.1) is 6.92 Å². The van der Waals surface area contributed by atoms with Gasteiger partial charge in [0.15, 0.2) is 5.82 Å². The predicted molar refractivity (Wildman–Crippen MR) is 77.6 cm³/mol. The fourth-order valence-electron chi connectivity index (χ4n) is 1.89. The average molecular weight is 288 g/mol. The number of hydrogen-bond acceptors (Lipinski definition) is 6. The van der Waals surface area contributed by atoms with Crippen molar-refractivity contribution in [1.29, 1.82) is 0 Å². The number of aryl methyl sites for hydroxylation is 1. The van der Waals surface area contributed by atoms with Gasteiger partial charge in [-0.2, -0.15) is 0 Å². The summed E-state index contributed by atoms with van der Waals surface area (Å²) in [5.41, 5.74) is 6.83. The molecule has 7 nitrogen and oxygen atoms in total. The smallest absolute Gasteiger partial charge is 0.310 e. The van der Waals surface area contributed by atoms with Crippen LogP contribution in [0.3, 0.4) is 0 Å². The van der Waals surface area contributed by atoms with Crippen LogP contribution in [0.25, 0.3) is 11.5 Å². The number of hydrogen-bond donors (Lipinski definition) is 2. The van der Waals surface area contributed by atoms with Crippen LogP contribution in [0.15, 0.2) is 23.1 Å². The van der Waals surface area contributed by atoms with Gasteiger partial charge in [-0.25, -0.2) is 4.98 Å². The third-order valence-corrected chi connectivity index (χ3v) is 2.91. The highest BCUT2D eigenvalue weighted by atomic mass is 16.5. The molecule has 0 bridgehead atoms. The van der Waals surface area contributed by atoms with Crippen LogP contribution >= 0.6 is 0 Å². The third-order valence-electron chi connectivity index (χ3n) is 2.91. The molecule has 0 saturated heterocycles. The van der Waals surface area contributed by atoms with E-state index in [4.69, 9.17) is 10.5 Å². The SMILES string of the molecule is CCOC(=O)Cc1c(N)nc(-c2ncccc2C)[nH]c1=O. The highest BCUT2D eigenvalue weighted by Crippen LogP contribution is 2.17. The number of nitrogens with one attached hydrogen (secondary N) is 1. The molecule has 0 saturated carbocycles. The summed E-state index contributed by atoms with van der Waals surface area (Å²) in [5, 5.41) is 0.